The average Bonchev–Trinajstić information content (AvgIpc) is 2.29. The molecule has 0 aromatic heterocycles. The van der Waals surface area contributed by atoms with Crippen molar-refractivity contribution in [3.8, 4) is 0 Å². The number of Topliss-reactive ketones (excluding diaryl/α,β-unsaturated/α-hetero) is 1. The molecule has 1 aliphatic heterocycles. The lowest BCUT2D eigenvalue weighted by Gasteiger charge is -2.08. The number of hydrogen-bond acceptors (Lipinski definition) is 2. The van der Waals surface area contributed by atoms with Gasteiger partial charge in [0.1, 0.15) is 6.61 Å². The zero-order valence-electron chi connectivity index (χ0n) is 6.42. The highest BCUT2D eigenvalue weighted by Gasteiger charge is 2.31. The molecule has 0 spiro atoms. The van der Waals surface area contributed by atoms with Crippen molar-refractivity contribution in [3.63, 3.8) is 0 Å². The van der Waals surface area contributed by atoms with Crippen LogP contribution < -0.4 is 0 Å². The molecule has 0 N–H and O–H groups in total. The summed E-state index contributed by atoms with van der Waals surface area (Å²) in [4.78, 5) is 11.1. The Hall–Kier alpha value is -0.340. The first-order valence-corrected chi connectivity index (χ1v) is 4.09. The maximum Gasteiger partial charge on any atom is 0.164 e. The van der Waals surface area contributed by atoms with E-state index >= 15 is 0 Å². The molecule has 0 amide bonds. The minimum Gasteiger partial charge on any atom is -0.370 e. The van der Waals surface area contributed by atoms with Gasteiger partial charge in [-0.15, -0.1) is 0 Å². The summed E-state index contributed by atoms with van der Waals surface area (Å²) in [5, 5.41) is 0. The van der Waals surface area contributed by atoms with Gasteiger partial charge in [-0.25, -0.2) is 0 Å². The Morgan fingerprint density at radius 3 is 3.00 bits per heavy atom. The van der Waals surface area contributed by atoms with Crippen molar-refractivity contribution in [2.75, 3.05) is 6.61 Å². The zero-order chi connectivity index (χ0) is 8.27. The fourth-order valence-electron chi connectivity index (χ4n) is 1.22. The van der Waals surface area contributed by atoms with E-state index in [2.05, 4.69) is 0 Å². The Bertz CT molecular complexity index is 177. The summed E-state index contributed by atoms with van der Waals surface area (Å²) >= 11 is 5.34. The molecule has 0 aromatic rings. The van der Waals surface area contributed by atoms with Crippen LogP contribution in [0.1, 0.15) is 13.3 Å². The predicted molar refractivity (Wildman–Crippen MR) is 43.5 cm³/mol. The summed E-state index contributed by atoms with van der Waals surface area (Å²) < 4.78 is 5.15. The zero-order valence-corrected chi connectivity index (χ0v) is 7.17. The third-order valence-electron chi connectivity index (χ3n) is 1.95. The van der Waals surface area contributed by atoms with Crippen molar-refractivity contribution in [1.82, 2.24) is 0 Å². The van der Waals surface area contributed by atoms with Crippen molar-refractivity contribution in [1.29, 1.82) is 0 Å². The van der Waals surface area contributed by atoms with Gasteiger partial charge in [-0.05, 0) is 13.3 Å². The van der Waals surface area contributed by atoms with Crippen LogP contribution in [0, 0.1) is 5.92 Å². The van der Waals surface area contributed by atoms with E-state index in [-0.39, 0.29) is 24.4 Å². The molecule has 0 saturated carbocycles. The van der Waals surface area contributed by atoms with E-state index in [4.69, 9.17) is 16.3 Å². The molecule has 0 aromatic carbocycles. The number of rotatable bonds is 2. The number of hydrogen-bond donors (Lipinski definition) is 0. The topological polar surface area (TPSA) is 26.3 Å². The first-order chi connectivity index (χ1) is 5.25. The van der Waals surface area contributed by atoms with Gasteiger partial charge in [-0.1, -0.05) is 17.7 Å². The summed E-state index contributed by atoms with van der Waals surface area (Å²) in [6.07, 6.45) is 2.54. The maximum atomic E-state index is 11.1. The van der Waals surface area contributed by atoms with Crippen LogP contribution in [0.15, 0.2) is 11.6 Å². The maximum absolute atomic E-state index is 11.1. The van der Waals surface area contributed by atoms with Crippen LogP contribution in [0.4, 0.5) is 0 Å². The van der Waals surface area contributed by atoms with Crippen LogP contribution in [0.3, 0.4) is 0 Å². The monoisotopic (exact) mass is 174 g/mol. The molecule has 0 bridgehead atoms. The molecule has 0 aliphatic carbocycles. The summed E-state index contributed by atoms with van der Waals surface area (Å²) in [7, 11) is 0. The smallest absolute Gasteiger partial charge is 0.164 e. The van der Waals surface area contributed by atoms with Crippen LogP contribution in [0.2, 0.25) is 0 Å². The van der Waals surface area contributed by atoms with Gasteiger partial charge in [0.2, 0.25) is 0 Å². The van der Waals surface area contributed by atoms with Gasteiger partial charge >= 0.3 is 0 Å². The Morgan fingerprint density at radius 2 is 2.55 bits per heavy atom. The van der Waals surface area contributed by atoms with Gasteiger partial charge in [0.25, 0.3) is 0 Å². The van der Waals surface area contributed by atoms with Gasteiger partial charge in [0, 0.05) is 11.5 Å². The Kier molecular flexibility index (Phi) is 3.09. The fraction of sp³-hybridized carbons (Fsp3) is 0.625. The van der Waals surface area contributed by atoms with Crippen molar-refractivity contribution in [2.45, 2.75) is 19.4 Å². The van der Waals surface area contributed by atoms with Crippen molar-refractivity contribution in [2.24, 2.45) is 5.92 Å². The Balaban J connectivity index is 2.47. The first-order valence-electron chi connectivity index (χ1n) is 3.65. The normalized spacial score (nSPS) is 32.0. The number of ether oxygens (including phenoxy) is 1. The minimum atomic E-state index is 0.0185. The second-order valence-corrected chi connectivity index (χ2v) is 2.94. The Labute approximate surface area is 71.2 Å². The van der Waals surface area contributed by atoms with Crippen LogP contribution >= 0.6 is 11.6 Å². The lowest BCUT2D eigenvalue weighted by atomic mass is 9.98. The van der Waals surface area contributed by atoms with Gasteiger partial charge in [-0.3, -0.25) is 4.79 Å². The summed E-state index contributed by atoms with van der Waals surface area (Å²) in [6, 6.07) is 0. The largest absolute Gasteiger partial charge is 0.370 e. The molecule has 62 valence electrons. The Morgan fingerprint density at radius 1 is 1.82 bits per heavy atom. The van der Waals surface area contributed by atoms with E-state index in [1.807, 2.05) is 6.92 Å². The van der Waals surface area contributed by atoms with E-state index in [0.717, 1.165) is 0 Å². The number of allylic oxidation sites excluding steroid dienone is 1. The third kappa shape index (κ3) is 2.04. The van der Waals surface area contributed by atoms with Gasteiger partial charge in [-0.2, -0.15) is 0 Å². The second-order valence-electron chi connectivity index (χ2n) is 2.69. The van der Waals surface area contributed by atoms with Gasteiger partial charge in [0.15, 0.2) is 5.78 Å². The molecule has 2 atom stereocenters. The highest BCUT2D eigenvalue weighted by molar-refractivity contribution is 6.25. The quantitative estimate of drug-likeness (QED) is 0.638. The van der Waals surface area contributed by atoms with Gasteiger partial charge in [0.05, 0.1) is 6.10 Å². The van der Waals surface area contributed by atoms with E-state index in [1.54, 1.807) is 6.08 Å². The van der Waals surface area contributed by atoms with Crippen LogP contribution in [-0.4, -0.2) is 18.5 Å². The van der Waals surface area contributed by atoms with Crippen LogP contribution in [0.5, 0.6) is 0 Å². The molecule has 1 aliphatic rings. The SMILES string of the molecule is CC1OCC(=O)C1C/C=C/Cl. The number of ketones is 1. The lowest BCUT2D eigenvalue weighted by molar-refractivity contribution is -0.120. The number of halogens is 1. The first kappa shape index (κ1) is 8.75. The lowest BCUT2D eigenvalue weighted by Crippen LogP contribution is -2.16. The number of carbonyl (C=O) groups is 1. The molecule has 1 heterocycles. The van der Waals surface area contributed by atoms with Gasteiger partial charge < -0.3 is 4.74 Å². The molecule has 0 radical (unpaired) electrons. The molecule has 1 saturated heterocycles. The van der Waals surface area contributed by atoms with E-state index in [9.17, 15) is 4.79 Å². The molecule has 11 heavy (non-hydrogen) atoms. The van der Waals surface area contributed by atoms with Crippen molar-refractivity contribution < 1.29 is 9.53 Å². The van der Waals surface area contributed by atoms with Crippen molar-refractivity contribution in [3.05, 3.63) is 11.6 Å². The molecular formula is C8H11ClO2. The highest BCUT2D eigenvalue weighted by atomic mass is 35.5. The molecular weight excluding hydrogens is 164 g/mol. The summed E-state index contributed by atoms with van der Waals surface area (Å²) in [6.45, 7) is 2.18. The third-order valence-corrected chi connectivity index (χ3v) is 2.13. The standard InChI is InChI=1S/C8H11ClO2/c1-6-7(3-2-4-9)8(10)5-11-6/h2,4,6-7H,3,5H2,1H3/b4-2+. The second kappa shape index (κ2) is 3.88. The van der Waals surface area contributed by atoms with E-state index < -0.39 is 0 Å². The number of carbonyl (C=O) groups excluding carboxylic acids is 1. The highest BCUT2D eigenvalue weighted by Crippen LogP contribution is 2.20. The molecule has 3 heteroatoms. The van der Waals surface area contributed by atoms with Crippen molar-refractivity contribution >= 4 is 17.4 Å². The molecule has 2 nitrogen and oxygen atoms in total. The average molecular weight is 175 g/mol. The summed E-state index contributed by atoms with van der Waals surface area (Å²) in [5.74, 6) is 0.206. The van der Waals surface area contributed by atoms with E-state index in [0.29, 0.717) is 6.42 Å². The van der Waals surface area contributed by atoms with Crippen LogP contribution in [-0.2, 0) is 9.53 Å². The molecule has 1 fully saturated rings. The van der Waals surface area contributed by atoms with E-state index in [1.165, 1.54) is 5.54 Å². The predicted octanol–water partition coefficient (Wildman–Crippen LogP) is 1.73. The molecule has 2 unspecified atom stereocenters. The summed E-state index contributed by atoms with van der Waals surface area (Å²) in [5.41, 5.74) is 1.44. The fourth-order valence-corrected chi connectivity index (χ4v) is 1.32. The minimum absolute atomic E-state index is 0.0185. The van der Waals surface area contributed by atoms with Crippen LogP contribution in [0.25, 0.3) is 0 Å². The molecule has 1 rings (SSSR count).